The van der Waals surface area contributed by atoms with Crippen molar-refractivity contribution in [1.29, 1.82) is 0 Å². The standard InChI is InChI=1S/C13H17ClN2O/c1-9-6-7-16(10(2)8-9)13(17)11-4-3-5-12(14)15-11/h3-5,9-10H,6-8H2,1-2H3. The maximum atomic E-state index is 12.3. The lowest BCUT2D eigenvalue weighted by molar-refractivity contribution is 0.0582. The van der Waals surface area contributed by atoms with E-state index in [2.05, 4.69) is 18.8 Å². The van der Waals surface area contributed by atoms with Crippen molar-refractivity contribution >= 4 is 17.5 Å². The van der Waals surface area contributed by atoms with E-state index in [1.165, 1.54) is 0 Å². The molecule has 1 saturated heterocycles. The van der Waals surface area contributed by atoms with Crippen LogP contribution in [-0.4, -0.2) is 28.4 Å². The average molecular weight is 253 g/mol. The molecule has 2 rings (SSSR count). The van der Waals surface area contributed by atoms with Crippen LogP contribution in [0.2, 0.25) is 5.15 Å². The van der Waals surface area contributed by atoms with E-state index in [0.717, 1.165) is 19.4 Å². The minimum Gasteiger partial charge on any atom is -0.335 e. The van der Waals surface area contributed by atoms with Crippen LogP contribution in [0.25, 0.3) is 0 Å². The van der Waals surface area contributed by atoms with E-state index in [0.29, 0.717) is 16.8 Å². The van der Waals surface area contributed by atoms with Gasteiger partial charge in [0.2, 0.25) is 0 Å². The van der Waals surface area contributed by atoms with E-state index in [1.807, 2.05) is 4.90 Å². The van der Waals surface area contributed by atoms with E-state index < -0.39 is 0 Å². The first kappa shape index (κ1) is 12.4. The molecule has 1 aromatic heterocycles. The van der Waals surface area contributed by atoms with Crippen molar-refractivity contribution in [2.45, 2.75) is 32.7 Å². The molecule has 0 spiro atoms. The van der Waals surface area contributed by atoms with Crippen molar-refractivity contribution < 1.29 is 4.79 Å². The number of carbonyl (C=O) groups excluding carboxylic acids is 1. The van der Waals surface area contributed by atoms with Crippen LogP contribution in [0.1, 0.15) is 37.2 Å². The van der Waals surface area contributed by atoms with Crippen molar-refractivity contribution in [2.75, 3.05) is 6.54 Å². The summed E-state index contributed by atoms with van der Waals surface area (Å²) in [5.41, 5.74) is 0.443. The topological polar surface area (TPSA) is 33.2 Å². The molecule has 0 saturated carbocycles. The Labute approximate surface area is 107 Å². The van der Waals surface area contributed by atoms with Crippen molar-refractivity contribution in [3.8, 4) is 0 Å². The third-order valence-corrected chi connectivity index (χ3v) is 3.54. The lowest BCUT2D eigenvalue weighted by Crippen LogP contribution is -2.44. The number of likely N-dealkylation sites (tertiary alicyclic amines) is 1. The molecule has 0 radical (unpaired) electrons. The summed E-state index contributed by atoms with van der Waals surface area (Å²) in [6, 6.07) is 5.45. The van der Waals surface area contributed by atoms with Gasteiger partial charge < -0.3 is 4.90 Å². The number of carbonyl (C=O) groups is 1. The van der Waals surface area contributed by atoms with Gasteiger partial charge in [-0.25, -0.2) is 4.98 Å². The highest BCUT2D eigenvalue weighted by atomic mass is 35.5. The summed E-state index contributed by atoms with van der Waals surface area (Å²) in [6.45, 7) is 5.14. The zero-order valence-corrected chi connectivity index (χ0v) is 10.9. The highest BCUT2D eigenvalue weighted by Gasteiger charge is 2.27. The number of hydrogen-bond acceptors (Lipinski definition) is 2. The predicted octanol–water partition coefficient (Wildman–Crippen LogP) is 3.00. The van der Waals surface area contributed by atoms with Crippen LogP contribution in [0, 0.1) is 5.92 Å². The summed E-state index contributed by atoms with van der Waals surface area (Å²) in [5, 5.41) is 0.369. The van der Waals surface area contributed by atoms with Gasteiger partial charge in [-0.05, 0) is 37.8 Å². The van der Waals surface area contributed by atoms with Crippen molar-refractivity contribution in [2.24, 2.45) is 5.92 Å². The van der Waals surface area contributed by atoms with Gasteiger partial charge in [0.05, 0.1) is 0 Å². The lowest BCUT2D eigenvalue weighted by atomic mass is 9.93. The van der Waals surface area contributed by atoms with E-state index in [9.17, 15) is 4.79 Å². The summed E-state index contributed by atoms with van der Waals surface area (Å²) in [6.07, 6.45) is 2.13. The number of piperidine rings is 1. The maximum absolute atomic E-state index is 12.3. The minimum atomic E-state index is -0.00750. The lowest BCUT2D eigenvalue weighted by Gasteiger charge is -2.36. The molecule has 1 aromatic rings. The molecule has 1 aliphatic rings. The Morgan fingerprint density at radius 3 is 2.88 bits per heavy atom. The molecule has 0 bridgehead atoms. The highest BCUT2D eigenvalue weighted by Crippen LogP contribution is 2.23. The van der Waals surface area contributed by atoms with Crippen LogP contribution in [-0.2, 0) is 0 Å². The molecule has 3 nitrogen and oxygen atoms in total. The summed E-state index contributed by atoms with van der Waals surface area (Å²) in [7, 11) is 0. The minimum absolute atomic E-state index is 0.00750. The first-order valence-electron chi connectivity index (χ1n) is 6.01. The Morgan fingerprint density at radius 1 is 1.47 bits per heavy atom. The Morgan fingerprint density at radius 2 is 2.24 bits per heavy atom. The summed E-state index contributed by atoms with van der Waals surface area (Å²) >= 11 is 5.81. The molecule has 2 atom stereocenters. The Kier molecular flexibility index (Phi) is 3.67. The molecule has 0 N–H and O–H groups in total. The zero-order valence-electron chi connectivity index (χ0n) is 10.2. The SMILES string of the molecule is CC1CCN(C(=O)c2cccc(Cl)n2)C(C)C1. The highest BCUT2D eigenvalue weighted by molar-refractivity contribution is 6.29. The molecule has 17 heavy (non-hydrogen) atoms. The molecule has 2 unspecified atom stereocenters. The molecular formula is C13H17ClN2O. The van der Waals surface area contributed by atoms with Gasteiger partial charge in [-0.1, -0.05) is 24.6 Å². The van der Waals surface area contributed by atoms with E-state index in [1.54, 1.807) is 18.2 Å². The van der Waals surface area contributed by atoms with Gasteiger partial charge in [0, 0.05) is 12.6 Å². The van der Waals surface area contributed by atoms with Crippen LogP contribution >= 0.6 is 11.6 Å². The molecule has 1 amide bonds. The van der Waals surface area contributed by atoms with Crippen molar-refractivity contribution in [3.63, 3.8) is 0 Å². The van der Waals surface area contributed by atoms with Crippen LogP contribution < -0.4 is 0 Å². The quantitative estimate of drug-likeness (QED) is 0.720. The van der Waals surface area contributed by atoms with Crippen LogP contribution in [0.5, 0.6) is 0 Å². The van der Waals surface area contributed by atoms with Gasteiger partial charge in [-0.3, -0.25) is 4.79 Å². The Hall–Kier alpha value is -1.09. The number of pyridine rings is 1. The maximum Gasteiger partial charge on any atom is 0.272 e. The van der Waals surface area contributed by atoms with Gasteiger partial charge >= 0.3 is 0 Å². The number of amides is 1. The average Bonchev–Trinajstić information content (AvgIpc) is 2.28. The second-order valence-corrected chi connectivity index (χ2v) is 5.21. The molecule has 2 heterocycles. The molecule has 4 heteroatoms. The zero-order chi connectivity index (χ0) is 12.4. The Balaban J connectivity index is 2.15. The molecule has 92 valence electrons. The fourth-order valence-electron chi connectivity index (χ4n) is 2.38. The first-order valence-corrected chi connectivity index (χ1v) is 6.39. The van der Waals surface area contributed by atoms with Gasteiger partial charge in [-0.2, -0.15) is 0 Å². The second-order valence-electron chi connectivity index (χ2n) is 4.82. The first-order chi connectivity index (χ1) is 8.08. The largest absolute Gasteiger partial charge is 0.335 e. The van der Waals surface area contributed by atoms with Crippen molar-refractivity contribution in [1.82, 2.24) is 9.88 Å². The monoisotopic (exact) mass is 252 g/mol. The van der Waals surface area contributed by atoms with Crippen LogP contribution in [0.4, 0.5) is 0 Å². The van der Waals surface area contributed by atoms with Crippen LogP contribution in [0.15, 0.2) is 18.2 Å². The second kappa shape index (κ2) is 5.05. The van der Waals surface area contributed by atoms with Crippen LogP contribution in [0.3, 0.4) is 0 Å². The van der Waals surface area contributed by atoms with Gasteiger partial charge in [-0.15, -0.1) is 0 Å². The van der Waals surface area contributed by atoms with Gasteiger partial charge in [0.25, 0.3) is 5.91 Å². The molecule has 1 aliphatic heterocycles. The van der Waals surface area contributed by atoms with Gasteiger partial charge in [0.15, 0.2) is 0 Å². The van der Waals surface area contributed by atoms with Crippen molar-refractivity contribution in [3.05, 3.63) is 29.0 Å². The molecule has 0 aliphatic carbocycles. The number of rotatable bonds is 1. The third-order valence-electron chi connectivity index (χ3n) is 3.33. The number of nitrogens with zero attached hydrogens (tertiary/aromatic N) is 2. The molecule has 1 fully saturated rings. The number of hydrogen-bond donors (Lipinski definition) is 0. The van der Waals surface area contributed by atoms with E-state index in [4.69, 9.17) is 11.6 Å². The summed E-state index contributed by atoms with van der Waals surface area (Å²) in [5.74, 6) is 0.688. The fraction of sp³-hybridized carbons (Fsp3) is 0.538. The fourth-order valence-corrected chi connectivity index (χ4v) is 2.55. The Bertz CT molecular complexity index is 422. The summed E-state index contributed by atoms with van der Waals surface area (Å²) in [4.78, 5) is 18.3. The predicted molar refractivity (Wildman–Crippen MR) is 68.1 cm³/mol. The number of halogens is 1. The number of aromatic nitrogens is 1. The van der Waals surface area contributed by atoms with Gasteiger partial charge in [0.1, 0.15) is 10.8 Å². The normalized spacial score (nSPS) is 24.8. The van der Waals surface area contributed by atoms with E-state index >= 15 is 0 Å². The van der Waals surface area contributed by atoms with E-state index in [-0.39, 0.29) is 11.9 Å². The molecular weight excluding hydrogens is 236 g/mol. The third kappa shape index (κ3) is 2.78. The molecule has 0 aromatic carbocycles. The smallest absolute Gasteiger partial charge is 0.272 e. The summed E-state index contributed by atoms with van der Waals surface area (Å²) < 4.78 is 0.